The highest BCUT2D eigenvalue weighted by atomic mass is 19.1. The molecule has 2 N–H and O–H groups in total. The number of esters is 1. The Hall–Kier alpha value is -3.35. The molecule has 0 radical (unpaired) electrons. The molecule has 6 nitrogen and oxygen atoms in total. The second kappa shape index (κ2) is 8.57. The van der Waals surface area contributed by atoms with Crippen molar-refractivity contribution in [2.24, 2.45) is 0 Å². The molecular weight excluding hydrogens is 385 g/mol. The van der Waals surface area contributed by atoms with Crippen LogP contribution in [0.1, 0.15) is 36.2 Å². The molecule has 0 saturated carbocycles. The van der Waals surface area contributed by atoms with E-state index in [1.165, 1.54) is 6.07 Å². The maximum absolute atomic E-state index is 14.8. The number of hydrogen-bond acceptors (Lipinski definition) is 3. The van der Waals surface area contributed by atoms with Crippen molar-refractivity contribution in [3.63, 3.8) is 0 Å². The summed E-state index contributed by atoms with van der Waals surface area (Å²) in [6.45, 7) is 2.65. The Morgan fingerprint density at radius 1 is 1.20 bits per heavy atom. The number of amides is 2. The number of aromatic nitrogens is 1. The SMILES string of the molecule is CCOC(=O)CCNC(=O)N1CCc2c([nH]c3ccccc23)[C@@H]1c1ccccc1F. The van der Waals surface area contributed by atoms with Crippen molar-refractivity contribution in [3.8, 4) is 0 Å². The lowest BCUT2D eigenvalue weighted by molar-refractivity contribution is -0.142. The van der Waals surface area contributed by atoms with Gasteiger partial charge in [0.05, 0.1) is 13.0 Å². The van der Waals surface area contributed by atoms with Gasteiger partial charge >= 0.3 is 12.0 Å². The number of hydrogen-bond donors (Lipinski definition) is 2. The van der Waals surface area contributed by atoms with Gasteiger partial charge in [-0.05, 0) is 31.0 Å². The number of aromatic amines is 1. The van der Waals surface area contributed by atoms with Crippen molar-refractivity contribution in [2.45, 2.75) is 25.8 Å². The van der Waals surface area contributed by atoms with E-state index in [2.05, 4.69) is 10.3 Å². The predicted molar refractivity (Wildman–Crippen MR) is 112 cm³/mol. The molecule has 1 aliphatic rings. The lowest BCUT2D eigenvalue weighted by atomic mass is 9.92. The van der Waals surface area contributed by atoms with Crippen LogP contribution in [0.25, 0.3) is 10.9 Å². The van der Waals surface area contributed by atoms with E-state index in [-0.39, 0.29) is 30.8 Å². The van der Waals surface area contributed by atoms with Crippen molar-refractivity contribution >= 4 is 22.9 Å². The van der Waals surface area contributed by atoms with Crippen LogP contribution in [-0.4, -0.2) is 41.6 Å². The zero-order chi connectivity index (χ0) is 21.1. The largest absolute Gasteiger partial charge is 0.466 e. The van der Waals surface area contributed by atoms with Gasteiger partial charge in [-0.25, -0.2) is 9.18 Å². The third-order valence-corrected chi connectivity index (χ3v) is 5.41. The van der Waals surface area contributed by atoms with Gasteiger partial charge in [0.25, 0.3) is 0 Å². The van der Waals surface area contributed by atoms with Crippen molar-refractivity contribution in [1.82, 2.24) is 15.2 Å². The molecule has 1 aliphatic heterocycles. The molecule has 0 aliphatic carbocycles. The Kier molecular flexibility index (Phi) is 5.70. The minimum absolute atomic E-state index is 0.0927. The molecule has 0 bridgehead atoms. The number of halogens is 1. The van der Waals surface area contributed by atoms with Crippen LogP contribution in [-0.2, 0) is 16.0 Å². The summed E-state index contributed by atoms with van der Waals surface area (Å²) in [5.74, 6) is -0.724. The van der Waals surface area contributed by atoms with Gasteiger partial charge in [-0.1, -0.05) is 36.4 Å². The molecule has 2 heterocycles. The average Bonchev–Trinajstić information content (AvgIpc) is 3.12. The normalized spacial score (nSPS) is 15.7. The predicted octanol–water partition coefficient (Wildman–Crippen LogP) is 3.92. The van der Waals surface area contributed by atoms with Gasteiger partial charge in [0.1, 0.15) is 11.9 Å². The Labute approximate surface area is 174 Å². The van der Waals surface area contributed by atoms with Crippen LogP contribution >= 0.6 is 0 Å². The van der Waals surface area contributed by atoms with E-state index >= 15 is 0 Å². The molecule has 30 heavy (non-hydrogen) atoms. The Morgan fingerprint density at radius 3 is 2.77 bits per heavy atom. The molecule has 0 unspecified atom stereocenters. The average molecular weight is 409 g/mol. The van der Waals surface area contributed by atoms with Crippen LogP contribution in [0.3, 0.4) is 0 Å². The number of ether oxygens (including phenoxy) is 1. The van der Waals surface area contributed by atoms with Crippen LogP contribution in [0.2, 0.25) is 0 Å². The fourth-order valence-corrected chi connectivity index (χ4v) is 4.09. The Morgan fingerprint density at radius 2 is 1.97 bits per heavy atom. The van der Waals surface area contributed by atoms with E-state index in [1.807, 2.05) is 24.3 Å². The van der Waals surface area contributed by atoms with Crippen LogP contribution in [0.5, 0.6) is 0 Å². The quantitative estimate of drug-likeness (QED) is 0.628. The summed E-state index contributed by atoms with van der Waals surface area (Å²) in [5, 5.41) is 3.87. The second-order valence-electron chi connectivity index (χ2n) is 7.22. The topological polar surface area (TPSA) is 74.4 Å². The smallest absolute Gasteiger partial charge is 0.318 e. The van der Waals surface area contributed by atoms with Gasteiger partial charge in [-0.3, -0.25) is 4.79 Å². The maximum Gasteiger partial charge on any atom is 0.318 e. The molecular formula is C23H24FN3O3. The highest BCUT2D eigenvalue weighted by Gasteiger charge is 2.35. The van der Waals surface area contributed by atoms with Gasteiger partial charge in [-0.2, -0.15) is 0 Å². The summed E-state index contributed by atoms with van der Waals surface area (Å²) >= 11 is 0. The van der Waals surface area contributed by atoms with E-state index in [0.29, 0.717) is 25.1 Å². The van der Waals surface area contributed by atoms with E-state index in [1.54, 1.807) is 30.0 Å². The van der Waals surface area contributed by atoms with Crippen molar-refractivity contribution in [3.05, 3.63) is 71.2 Å². The van der Waals surface area contributed by atoms with Crippen molar-refractivity contribution in [2.75, 3.05) is 19.7 Å². The molecule has 156 valence electrons. The lowest BCUT2D eigenvalue weighted by Crippen LogP contribution is -2.46. The third kappa shape index (κ3) is 3.75. The van der Waals surface area contributed by atoms with E-state index in [0.717, 1.165) is 22.2 Å². The summed E-state index contributed by atoms with van der Waals surface area (Å²) in [4.78, 5) is 29.6. The van der Waals surface area contributed by atoms with Crippen molar-refractivity contribution in [1.29, 1.82) is 0 Å². The first kappa shape index (κ1) is 19.9. The van der Waals surface area contributed by atoms with Gasteiger partial charge in [-0.15, -0.1) is 0 Å². The summed E-state index contributed by atoms with van der Waals surface area (Å²) in [6, 6.07) is 13.5. The number of rotatable bonds is 5. The maximum atomic E-state index is 14.8. The first-order valence-corrected chi connectivity index (χ1v) is 10.1. The van der Waals surface area contributed by atoms with E-state index in [9.17, 15) is 14.0 Å². The summed E-state index contributed by atoms with van der Waals surface area (Å²) in [5.41, 5.74) is 3.33. The second-order valence-corrected chi connectivity index (χ2v) is 7.22. The van der Waals surface area contributed by atoms with Crippen LogP contribution in [0.4, 0.5) is 9.18 Å². The molecule has 1 atom stereocenters. The minimum atomic E-state index is -0.579. The number of fused-ring (bicyclic) bond motifs is 3. The first-order valence-electron chi connectivity index (χ1n) is 10.1. The Bertz CT molecular complexity index is 1080. The molecule has 4 rings (SSSR count). The molecule has 2 amide bonds. The number of para-hydroxylation sites is 1. The standard InChI is InChI=1S/C23H24FN3O3/c1-2-30-20(28)11-13-25-23(29)27-14-12-16-15-7-4-6-10-19(15)26-21(16)22(27)17-8-3-5-9-18(17)24/h3-10,22,26H,2,11-14H2,1H3,(H,25,29)/t22-/m0/s1. The fourth-order valence-electron chi connectivity index (χ4n) is 4.09. The summed E-state index contributed by atoms with van der Waals surface area (Å²) in [7, 11) is 0. The van der Waals surface area contributed by atoms with Gasteiger partial charge in [0.15, 0.2) is 0 Å². The van der Waals surface area contributed by atoms with Gasteiger partial charge in [0, 0.05) is 35.2 Å². The first-order chi connectivity index (χ1) is 14.6. The molecule has 0 spiro atoms. The van der Waals surface area contributed by atoms with Gasteiger partial charge in [0.2, 0.25) is 0 Å². The number of nitrogens with one attached hydrogen (secondary N) is 2. The van der Waals surface area contributed by atoms with Crippen molar-refractivity contribution < 1.29 is 18.7 Å². The van der Waals surface area contributed by atoms with E-state index in [4.69, 9.17) is 4.74 Å². The summed E-state index contributed by atoms with van der Waals surface area (Å²) < 4.78 is 19.7. The molecule has 1 aromatic heterocycles. The highest BCUT2D eigenvalue weighted by molar-refractivity contribution is 5.86. The Balaban J connectivity index is 1.66. The van der Waals surface area contributed by atoms with E-state index < -0.39 is 6.04 Å². The molecule has 0 saturated heterocycles. The minimum Gasteiger partial charge on any atom is -0.466 e. The molecule has 0 fully saturated rings. The van der Waals surface area contributed by atoms with Crippen LogP contribution < -0.4 is 5.32 Å². The van der Waals surface area contributed by atoms with Gasteiger partial charge < -0.3 is 19.9 Å². The molecule has 3 aromatic rings. The number of carbonyl (C=O) groups excluding carboxylic acids is 2. The fraction of sp³-hybridized carbons (Fsp3) is 0.304. The number of H-pyrrole nitrogens is 1. The molecule has 7 heteroatoms. The molecule has 2 aromatic carbocycles. The highest BCUT2D eigenvalue weighted by Crippen LogP contribution is 2.39. The van der Waals surface area contributed by atoms with Crippen LogP contribution in [0.15, 0.2) is 48.5 Å². The number of nitrogens with zero attached hydrogens (tertiary/aromatic N) is 1. The zero-order valence-corrected chi connectivity index (χ0v) is 16.8. The number of urea groups is 1. The zero-order valence-electron chi connectivity index (χ0n) is 16.8. The number of carbonyl (C=O) groups is 2. The van der Waals surface area contributed by atoms with Crippen LogP contribution in [0, 0.1) is 5.82 Å². The number of benzene rings is 2. The third-order valence-electron chi connectivity index (χ3n) is 5.41. The monoisotopic (exact) mass is 409 g/mol. The lowest BCUT2D eigenvalue weighted by Gasteiger charge is -2.36. The summed E-state index contributed by atoms with van der Waals surface area (Å²) in [6.07, 6.45) is 0.755.